The number of carbonyl (C=O) groups excluding carboxylic acids is 1. The maximum Gasteiger partial charge on any atom is 0.338 e. The van der Waals surface area contributed by atoms with E-state index in [1.807, 2.05) is 56.9 Å². The van der Waals surface area contributed by atoms with Gasteiger partial charge in [-0.15, -0.1) is 0 Å². The summed E-state index contributed by atoms with van der Waals surface area (Å²) >= 11 is 0. The number of halogens is 1. The number of amidine groups is 1. The number of imidazole rings is 1. The first-order valence-corrected chi connectivity index (χ1v) is 25.3. The molecule has 15 nitrogen and oxygen atoms in total. The van der Waals surface area contributed by atoms with E-state index in [-0.39, 0.29) is 23.3 Å². The molecule has 0 spiro atoms. The normalized spacial score (nSPS) is 22.8. The van der Waals surface area contributed by atoms with Gasteiger partial charge in [0.05, 0.1) is 23.1 Å². The number of ether oxygens (including phenoxy) is 1. The molecule has 10 rings (SSSR count). The summed E-state index contributed by atoms with van der Waals surface area (Å²) in [5.74, 6) is 0.781. The zero-order chi connectivity index (χ0) is 47.5. The second-order valence-corrected chi connectivity index (χ2v) is 23.6. The van der Waals surface area contributed by atoms with Crippen LogP contribution in [-0.4, -0.2) is 90.3 Å². The van der Waals surface area contributed by atoms with Crippen LogP contribution in [0.2, 0.25) is 0 Å². The predicted molar refractivity (Wildman–Crippen MR) is 258 cm³/mol. The van der Waals surface area contributed by atoms with E-state index in [9.17, 15) is 14.5 Å². The highest BCUT2D eigenvalue weighted by molar-refractivity contribution is 7.72. The summed E-state index contributed by atoms with van der Waals surface area (Å²) in [5.41, 5.74) is 5.47. The average molecular weight is 932 g/mol. The van der Waals surface area contributed by atoms with Crippen LogP contribution in [0.4, 0.5) is 10.1 Å². The maximum atomic E-state index is 15.6. The monoisotopic (exact) mass is 931 g/mol. The third kappa shape index (κ3) is 7.08. The minimum atomic E-state index is -2.84. The summed E-state index contributed by atoms with van der Waals surface area (Å²) in [6.07, 6.45) is 4.99. The maximum absolute atomic E-state index is 15.6. The molecule has 0 radical (unpaired) electrons. The molecule has 1 aliphatic carbocycles. The molecule has 2 fully saturated rings. The van der Waals surface area contributed by atoms with E-state index in [0.29, 0.717) is 94.9 Å². The number of benzene rings is 3. The third-order valence-corrected chi connectivity index (χ3v) is 18.8. The van der Waals surface area contributed by atoms with Gasteiger partial charge in [0, 0.05) is 78.2 Å². The summed E-state index contributed by atoms with van der Waals surface area (Å²) in [4.78, 5) is 37.6. The van der Waals surface area contributed by atoms with Crippen LogP contribution in [0.3, 0.4) is 0 Å². The molecule has 1 saturated heterocycles. The fourth-order valence-electron chi connectivity index (χ4n) is 10.6. The van der Waals surface area contributed by atoms with Gasteiger partial charge >= 0.3 is 12.1 Å². The molecule has 0 bridgehead atoms. The van der Waals surface area contributed by atoms with E-state index in [1.54, 1.807) is 61.3 Å². The van der Waals surface area contributed by atoms with Crippen LogP contribution in [0.15, 0.2) is 76.9 Å². The number of aliphatic hydroxyl groups excluding tert-OH is 1. The highest BCUT2D eigenvalue weighted by Gasteiger charge is 2.61. The average Bonchev–Trinajstić information content (AvgIpc) is 3.80. The molecule has 3 N–H and O–H groups in total. The van der Waals surface area contributed by atoms with Gasteiger partial charge in [-0.05, 0) is 124 Å². The van der Waals surface area contributed by atoms with E-state index >= 15 is 9.18 Å². The topological polar surface area (TPSA) is 162 Å². The number of anilines is 1. The molecule has 17 heteroatoms. The van der Waals surface area contributed by atoms with Crippen LogP contribution in [0.5, 0.6) is 0 Å². The van der Waals surface area contributed by atoms with Gasteiger partial charge in [0.25, 0.3) is 5.91 Å². The van der Waals surface area contributed by atoms with Crippen LogP contribution in [0, 0.1) is 25.6 Å². The molecule has 3 aromatic heterocycles. The number of aliphatic hydroxyl groups is 1. The molecule has 6 heterocycles. The highest BCUT2D eigenvalue weighted by atomic mass is 31.2. The lowest BCUT2D eigenvalue weighted by Gasteiger charge is -2.34. The van der Waals surface area contributed by atoms with Crippen LogP contribution in [-0.2, 0) is 26.1 Å². The number of aromatic nitrogens is 5. The predicted octanol–water partition coefficient (Wildman–Crippen LogP) is 7.58. The Morgan fingerprint density at radius 2 is 1.70 bits per heavy atom. The first-order valence-electron chi connectivity index (χ1n) is 23.2. The minimum absolute atomic E-state index is 0.0593. The number of carbonyl (C=O) groups is 1. The van der Waals surface area contributed by atoms with Crippen molar-refractivity contribution in [3.63, 3.8) is 0 Å². The number of oxime groups is 1. The lowest BCUT2D eigenvalue weighted by atomic mass is 9.91. The summed E-state index contributed by atoms with van der Waals surface area (Å²) < 4.78 is 41.9. The van der Waals surface area contributed by atoms with Gasteiger partial charge in [-0.1, -0.05) is 38.9 Å². The zero-order valence-corrected chi connectivity index (χ0v) is 40.4. The van der Waals surface area contributed by atoms with Gasteiger partial charge in [-0.25, -0.2) is 13.9 Å². The lowest BCUT2D eigenvalue weighted by molar-refractivity contribution is -0.0896. The Morgan fingerprint density at radius 3 is 2.34 bits per heavy atom. The van der Waals surface area contributed by atoms with Crippen molar-refractivity contribution in [2.45, 2.75) is 103 Å². The van der Waals surface area contributed by atoms with Gasteiger partial charge < -0.3 is 39.3 Å². The van der Waals surface area contributed by atoms with Crippen molar-refractivity contribution in [2.24, 2.45) is 11.1 Å². The zero-order valence-electron chi connectivity index (χ0n) is 39.6. The van der Waals surface area contributed by atoms with Crippen LogP contribution in [0.25, 0.3) is 28.1 Å². The van der Waals surface area contributed by atoms with Crippen LogP contribution < -0.4 is 21.6 Å². The van der Waals surface area contributed by atoms with Gasteiger partial charge in [-0.3, -0.25) is 13.9 Å². The van der Waals surface area contributed by atoms with Crippen molar-refractivity contribution < 1.29 is 28.4 Å². The number of nitrogens with zero attached hydrogens (tertiary/aromatic N) is 7. The summed E-state index contributed by atoms with van der Waals surface area (Å²) in [5, 5.41) is 27.2. The van der Waals surface area contributed by atoms with Gasteiger partial charge in [-0.2, -0.15) is 5.10 Å². The molecular formula is C50H59FN9O6P. The molecule has 3 aliphatic heterocycles. The first kappa shape index (κ1) is 44.9. The first-order chi connectivity index (χ1) is 31.8. The third-order valence-electron chi connectivity index (χ3n) is 15.0. The number of hydrogen-bond acceptors (Lipinski definition) is 10. The quantitative estimate of drug-likeness (QED) is 0.124. The number of hydrogen-bond donors (Lipinski definition) is 3. The molecule has 3 aromatic carbocycles. The van der Waals surface area contributed by atoms with Crippen molar-refractivity contribution in [1.29, 1.82) is 0 Å². The van der Waals surface area contributed by atoms with E-state index in [0.717, 1.165) is 29.4 Å². The Morgan fingerprint density at radius 1 is 1.00 bits per heavy atom. The van der Waals surface area contributed by atoms with Crippen LogP contribution in [0.1, 0.15) is 104 Å². The van der Waals surface area contributed by atoms with Crippen LogP contribution >= 0.6 is 7.14 Å². The van der Waals surface area contributed by atoms with Gasteiger partial charge in [0.1, 0.15) is 30.0 Å². The minimum Gasteiger partial charge on any atom is -0.387 e. The van der Waals surface area contributed by atoms with Crippen molar-refractivity contribution >= 4 is 40.8 Å². The number of fused-ring (bicyclic) bond motifs is 2. The summed E-state index contributed by atoms with van der Waals surface area (Å²) in [7, 11) is -1.07. The summed E-state index contributed by atoms with van der Waals surface area (Å²) in [6.45, 7) is 16.9. The molecule has 1 saturated carbocycles. The number of aryl methyl sites for hydroxylation is 2. The highest BCUT2D eigenvalue weighted by Crippen LogP contribution is 2.56. The van der Waals surface area contributed by atoms with Gasteiger partial charge in [0.2, 0.25) is 0 Å². The SMILES string of the molecule is CNc1cc(-n2ccn(-c3c4c(nn3-c3cc(C)c(F)c(C)c3)CCN(C(=O)c3cc5cc(C6CCOCC6)ccc5n3[C@@]3(C5=NOC(O)N5)C[C@@H]3C)[C@H]4C)c2=O)ccc1P(C)(=O)C(C)(C)C. The molecule has 6 aromatic rings. The molecule has 2 unspecified atom stereocenters. The smallest absolute Gasteiger partial charge is 0.338 e. The summed E-state index contributed by atoms with van der Waals surface area (Å²) in [6, 6.07) is 16.8. The number of rotatable bonds is 9. The van der Waals surface area contributed by atoms with E-state index in [4.69, 9.17) is 14.7 Å². The Balaban J connectivity index is 1.10. The Labute approximate surface area is 388 Å². The lowest BCUT2D eigenvalue weighted by Crippen LogP contribution is -2.44. The van der Waals surface area contributed by atoms with E-state index < -0.39 is 30.3 Å². The largest absolute Gasteiger partial charge is 0.387 e. The second kappa shape index (κ2) is 16.1. The molecular weight excluding hydrogens is 873 g/mol. The number of amides is 1. The standard InChI is InChI=1S/C50H59FN9O6P/c1-28-22-36(23-29(2)43(28)51)60-44(58-19-18-57(48(58)63)35-11-13-41(38(26-35)52-8)67(9,64)49(5,6)7)42-31(4)56(17-14-37(42)54-60)45(61)40-25-34-24-33(32-15-20-65-21-16-32)10-12-39(34)59(40)50(27-30(50)3)46-53-47(62)66-55-46/h10-13,18-19,22-26,30-32,47,52,62H,14-17,20-21,27H2,1-9H3,(H,53,55)/t30-,31-,47?,50-,67?/m0/s1. The Kier molecular flexibility index (Phi) is 10.8. The van der Waals surface area contributed by atoms with Gasteiger partial charge in [0.15, 0.2) is 5.84 Å². The molecule has 352 valence electrons. The molecule has 4 aliphatic rings. The molecule has 67 heavy (non-hydrogen) atoms. The fourth-order valence-corrected chi connectivity index (χ4v) is 12.3. The van der Waals surface area contributed by atoms with Crippen molar-refractivity contribution in [3.8, 4) is 17.2 Å². The van der Waals surface area contributed by atoms with E-state index in [1.165, 1.54) is 10.1 Å². The fraction of sp³-hybridized carbons (Fsp3) is 0.440. The Hall–Kier alpha value is -5.96. The van der Waals surface area contributed by atoms with Crippen molar-refractivity contribution in [2.75, 3.05) is 38.8 Å². The molecule has 1 amide bonds. The Bertz CT molecular complexity index is 3110. The number of nitrogens with one attached hydrogen (secondary N) is 2. The second-order valence-electron chi connectivity index (χ2n) is 19.9. The van der Waals surface area contributed by atoms with Crippen molar-refractivity contribution in [1.82, 2.24) is 33.7 Å². The van der Waals surface area contributed by atoms with Crippen molar-refractivity contribution in [3.05, 3.63) is 117 Å². The van der Waals surface area contributed by atoms with E-state index in [2.05, 4.69) is 45.5 Å². The molecule has 5 atom stereocenters.